The molecule has 2 aromatic rings. The summed E-state index contributed by atoms with van der Waals surface area (Å²) < 4.78 is 18.5. The number of hydrogen-bond acceptors (Lipinski definition) is 5. The SMILES string of the molecule is CC(=O)Nc1sc2c(c1C(=O)OC(C)C(=O)NC(C)c1ccc(F)cc1)CCCC2. The third-order valence-electron chi connectivity index (χ3n) is 5.05. The van der Waals surface area contributed by atoms with E-state index in [1.54, 1.807) is 19.1 Å². The molecule has 2 atom stereocenters. The van der Waals surface area contributed by atoms with Gasteiger partial charge in [-0.3, -0.25) is 9.59 Å². The zero-order chi connectivity index (χ0) is 21.8. The fourth-order valence-corrected chi connectivity index (χ4v) is 4.79. The summed E-state index contributed by atoms with van der Waals surface area (Å²) in [7, 11) is 0. The molecule has 3 rings (SSSR count). The molecule has 0 spiro atoms. The molecule has 0 fully saturated rings. The van der Waals surface area contributed by atoms with Crippen molar-refractivity contribution in [1.29, 1.82) is 0 Å². The number of aryl methyl sites for hydroxylation is 1. The fraction of sp³-hybridized carbons (Fsp3) is 0.409. The number of carbonyl (C=O) groups is 3. The lowest BCUT2D eigenvalue weighted by Gasteiger charge is -2.19. The Morgan fingerprint density at radius 1 is 1.10 bits per heavy atom. The van der Waals surface area contributed by atoms with Crippen molar-refractivity contribution in [1.82, 2.24) is 5.32 Å². The van der Waals surface area contributed by atoms with E-state index in [9.17, 15) is 18.8 Å². The molecule has 0 aliphatic heterocycles. The average molecular weight is 433 g/mol. The Hall–Kier alpha value is -2.74. The quantitative estimate of drug-likeness (QED) is 0.672. The smallest absolute Gasteiger partial charge is 0.342 e. The van der Waals surface area contributed by atoms with Crippen molar-refractivity contribution in [3.8, 4) is 0 Å². The van der Waals surface area contributed by atoms with Gasteiger partial charge in [-0.05, 0) is 62.8 Å². The molecule has 30 heavy (non-hydrogen) atoms. The van der Waals surface area contributed by atoms with Gasteiger partial charge in [0.15, 0.2) is 6.10 Å². The molecular formula is C22H25FN2O4S. The molecule has 1 aliphatic rings. The first-order valence-electron chi connectivity index (χ1n) is 9.95. The van der Waals surface area contributed by atoms with Crippen molar-refractivity contribution >= 4 is 34.1 Å². The van der Waals surface area contributed by atoms with E-state index in [2.05, 4.69) is 10.6 Å². The first-order chi connectivity index (χ1) is 14.3. The molecule has 160 valence electrons. The average Bonchev–Trinajstić information content (AvgIpc) is 3.05. The van der Waals surface area contributed by atoms with Gasteiger partial charge < -0.3 is 15.4 Å². The number of halogens is 1. The van der Waals surface area contributed by atoms with Crippen LogP contribution in [-0.2, 0) is 27.2 Å². The second-order valence-corrected chi connectivity index (χ2v) is 8.53. The number of carbonyl (C=O) groups excluding carboxylic acids is 3. The highest BCUT2D eigenvalue weighted by molar-refractivity contribution is 7.17. The van der Waals surface area contributed by atoms with Gasteiger partial charge in [0.25, 0.3) is 5.91 Å². The van der Waals surface area contributed by atoms with Crippen molar-refractivity contribution < 1.29 is 23.5 Å². The Bertz CT molecular complexity index is 955. The predicted octanol–water partition coefficient (Wildman–Crippen LogP) is 4.15. The first-order valence-corrected chi connectivity index (χ1v) is 10.8. The van der Waals surface area contributed by atoms with Crippen molar-refractivity contribution in [3.05, 3.63) is 51.7 Å². The van der Waals surface area contributed by atoms with Crippen molar-refractivity contribution in [2.45, 2.75) is 58.6 Å². The lowest BCUT2D eigenvalue weighted by atomic mass is 9.95. The molecule has 2 unspecified atom stereocenters. The second-order valence-electron chi connectivity index (χ2n) is 7.43. The fourth-order valence-electron chi connectivity index (χ4n) is 3.47. The number of ether oxygens (including phenoxy) is 1. The third-order valence-corrected chi connectivity index (χ3v) is 6.25. The van der Waals surface area contributed by atoms with E-state index in [-0.39, 0.29) is 17.8 Å². The molecule has 1 heterocycles. The first kappa shape index (κ1) is 22.0. The van der Waals surface area contributed by atoms with E-state index >= 15 is 0 Å². The van der Waals surface area contributed by atoms with Gasteiger partial charge in [-0.1, -0.05) is 12.1 Å². The summed E-state index contributed by atoms with van der Waals surface area (Å²) >= 11 is 1.40. The van der Waals surface area contributed by atoms with Gasteiger partial charge in [-0.15, -0.1) is 11.3 Å². The topological polar surface area (TPSA) is 84.5 Å². The highest BCUT2D eigenvalue weighted by Gasteiger charge is 2.29. The van der Waals surface area contributed by atoms with Crippen LogP contribution in [0.4, 0.5) is 9.39 Å². The second kappa shape index (κ2) is 9.38. The standard InChI is InChI=1S/C22H25FN2O4S/c1-12(15-8-10-16(23)11-9-15)24-20(27)13(2)29-22(28)19-17-6-4-5-7-18(17)30-21(19)25-14(3)26/h8-13H,4-7H2,1-3H3,(H,24,27)(H,25,26). The van der Waals surface area contributed by atoms with E-state index in [4.69, 9.17) is 4.74 Å². The Labute approximate surface area is 178 Å². The predicted molar refractivity (Wildman–Crippen MR) is 113 cm³/mol. The Balaban J connectivity index is 1.70. The maximum absolute atomic E-state index is 13.1. The summed E-state index contributed by atoms with van der Waals surface area (Å²) in [6, 6.07) is 5.46. The molecule has 0 radical (unpaired) electrons. The number of fused-ring (bicyclic) bond motifs is 1. The summed E-state index contributed by atoms with van der Waals surface area (Å²) in [6.45, 7) is 4.66. The largest absolute Gasteiger partial charge is 0.449 e. The van der Waals surface area contributed by atoms with E-state index in [0.717, 1.165) is 41.7 Å². The van der Waals surface area contributed by atoms with E-state index < -0.39 is 18.0 Å². The van der Waals surface area contributed by atoms with Crippen molar-refractivity contribution in [3.63, 3.8) is 0 Å². The lowest BCUT2D eigenvalue weighted by Crippen LogP contribution is -2.37. The maximum Gasteiger partial charge on any atom is 0.342 e. The number of thiophene rings is 1. The number of esters is 1. The normalized spacial score (nSPS) is 14.9. The summed E-state index contributed by atoms with van der Waals surface area (Å²) in [6.07, 6.45) is 2.60. The number of hydrogen-bond donors (Lipinski definition) is 2. The van der Waals surface area contributed by atoms with Gasteiger partial charge in [-0.2, -0.15) is 0 Å². The number of nitrogens with one attached hydrogen (secondary N) is 2. The van der Waals surface area contributed by atoms with Crippen molar-refractivity contribution in [2.24, 2.45) is 0 Å². The van der Waals surface area contributed by atoms with Crippen LogP contribution in [0.5, 0.6) is 0 Å². The Kier molecular flexibility index (Phi) is 6.87. The molecule has 2 amide bonds. The minimum absolute atomic E-state index is 0.262. The number of rotatable bonds is 6. The van der Waals surface area contributed by atoms with Crippen LogP contribution < -0.4 is 10.6 Å². The van der Waals surface area contributed by atoms with Gasteiger partial charge in [-0.25, -0.2) is 9.18 Å². The zero-order valence-corrected chi connectivity index (χ0v) is 18.0. The number of amides is 2. The third kappa shape index (κ3) is 5.05. The van der Waals surface area contributed by atoms with Crippen LogP contribution in [-0.4, -0.2) is 23.9 Å². The molecule has 0 saturated heterocycles. The molecule has 1 aromatic heterocycles. The van der Waals surface area contributed by atoms with Crippen LogP contribution >= 0.6 is 11.3 Å². The van der Waals surface area contributed by atoms with Gasteiger partial charge in [0.05, 0.1) is 11.6 Å². The summed E-state index contributed by atoms with van der Waals surface area (Å²) in [5.74, 6) is -1.68. The zero-order valence-electron chi connectivity index (χ0n) is 17.2. The molecule has 0 bridgehead atoms. The molecule has 0 saturated carbocycles. The van der Waals surface area contributed by atoms with Gasteiger partial charge in [0.1, 0.15) is 10.8 Å². The molecule has 1 aliphatic carbocycles. The molecule has 6 nitrogen and oxygen atoms in total. The number of anilines is 1. The number of benzene rings is 1. The summed E-state index contributed by atoms with van der Waals surface area (Å²) in [5.41, 5.74) is 2.01. The molecule has 1 aromatic carbocycles. The van der Waals surface area contributed by atoms with Gasteiger partial charge in [0, 0.05) is 11.8 Å². The summed E-state index contributed by atoms with van der Waals surface area (Å²) in [5, 5.41) is 5.97. The van der Waals surface area contributed by atoms with Gasteiger partial charge in [0.2, 0.25) is 5.91 Å². The van der Waals surface area contributed by atoms with Gasteiger partial charge >= 0.3 is 5.97 Å². The van der Waals surface area contributed by atoms with Crippen LogP contribution in [0.2, 0.25) is 0 Å². The van der Waals surface area contributed by atoms with E-state index in [1.165, 1.54) is 37.3 Å². The van der Waals surface area contributed by atoms with Crippen LogP contribution in [0.15, 0.2) is 24.3 Å². The van der Waals surface area contributed by atoms with Crippen molar-refractivity contribution in [2.75, 3.05) is 5.32 Å². The highest BCUT2D eigenvalue weighted by atomic mass is 32.1. The maximum atomic E-state index is 13.1. The van der Waals surface area contributed by atoms with Crippen LogP contribution in [0.1, 0.15) is 66.0 Å². The summed E-state index contributed by atoms with van der Waals surface area (Å²) in [4.78, 5) is 38.1. The minimum Gasteiger partial charge on any atom is -0.449 e. The van der Waals surface area contributed by atoms with E-state index in [1.807, 2.05) is 0 Å². The molecular weight excluding hydrogens is 407 g/mol. The molecule has 8 heteroatoms. The molecule has 2 N–H and O–H groups in total. The minimum atomic E-state index is -1.02. The Morgan fingerprint density at radius 3 is 2.43 bits per heavy atom. The van der Waals surface area contributed by atoms with E-state index in [0.29, 0.717) is 10.6 Å². The van der Waals surface area contributed by atoms with Crippen LogP contribution in [0, 0.1) is 5.82 Å². The highest BCUT2D eigenvalue weighted by Crippen LogP contribution is 2.38. The van der Waals surface area contributed by atoms with Crippen LogP contribution in [0.25, 0.3) is 0 Å². The monoisotopic (exact) mass is 432 g/mol. The Morgan fingerprint density at radius 2 is 1.77 bits per heavy atom. The van der Waals surface area contributed by atoms with Crippen LogP contribution in [0.3, 0.4) is 0 Å². The lowest BCUT2D eigenvalue weighted by molar-refractivity contribution is -0.129.